The Hall–Kier alpha value is -0.690. The third kappa shape index (κ3) is 27.3. The number of hydrogen-bond acceptors (Lipinski definition) is 6. The Morgan fingerprint density at radius 2 is 1.21 bits per heavy atom. The molecule has 0 saturated carbocycles. The Labute approximate surface area is 179 Å². The van der Waals surface area contributed by atoms with Crippen molar-refractivity contribution in [1.29, 1.82) is 0 Å². The first-order chi connectivity index (χ1) is 13.8. The average Bonchev–Trinajstić information content (AvgIpc) is 2.67. The lowest BCUT2D eigenvalue weighted by atomic mass is 9.99. The monoisotopic (exact) mass is 419 g/mol. The predicted molar refractivity (Wildman–Crippen MR) is 120 cm³/mol. The van der Waals surface area contributed by atoms with Crippen LogP contribution in [0.2, 0.25) is 0 Å². The largest absolute Gasteiger partial charge is 0.463 e. The molecule has 0 rings (SSSR count). The van der Waals surface area contributed by atoms with Crippen LogP contribution >= 0.6 is 0 Å². The van der Waals surface area contributed by atoms with Crippen LogP contribution in [0.25, 0.3) is 0 Å². The maximum absolute atomic E-state index is 11.2. The highest BCUT2D eigenvalue weighted by Gasteiger charge is 2.15. The van der Waals surface area contributed by atoms with Gasteiger partial charge >= 0.3 is 5.97 Å². The van der Waals surface area contributed by atoms with Crippen LogP contribution in [-0.2, 0) is 9.53 Å². The van der Waals surface area contributed by atoms with Crippen LogP contribution < -0.4 is 0 Å². The van der Waals surface area contributed by atoms with E-state index in [1.807, 2.05) is 26.0 Å². The molecule has 2 unspecified atom stereocenters. The summed E-state index contributed by atoms with van der Waals surface area (Å²) >= 11 is 0. The summed E-state index contributed by atoms with van der Waals surface area (Å²) in [5.74, 6) is -0.248. The number of carbonyl (C=O) groups excluding carboxylic acids is 1. The minimum Gasteiger partial charge on any atom is -0.463 e. The van der Waals surface area contributed by atoms with Crippen LogP contribution in [-0.4, -0.2) is 72.8 Å². The minimum absolute atomic E-state index is 0.0811. The normalized spacial score (nSPS) is 13.0. The molecule has 0 aromatic rings. The second-order valence-corrected chi connectivity index (χ2v) is 8.28. The number of esters is 1. The molecule has 3 N–H and O–H groups in total. The summed E-state index contributed by atoms with van der Waals surface area (Å²) in [5.41, 5.74) is 0. The molecular formula is C23H49NO5. The predicted octanol–water partition coefficient (Wildman–Crippen LogP) is 3.90. The number of aliphatic hydroxyl groups excluding tert-OH is 3. The van der Waals surface area contributed by atoms with Gasteiger partial charge in [0.05, 0.1) is 18.8 Å². The highest BCUT2D eigenvalue weighted by atomic mass is 16.5. The van der Waals surface area contributed by atoms with Gasteiger partial charge in [-0.25, -0.2) is 0 Å². The molecule has 0 fully saturated rings. The van der Waals surface area contributed by atoms with E-state index in [4.69, 9.17) is 9.84 Å². The molecule has 29 heavy (non-hydrogen) atoms. The van der Waals surface area contributed by atoms with Gasteiger partial charge in [0.25, 0.3) is 0 Å². The first kappa shape index (κ1) is 30.5. The van der Waals surface area contributed by atoms with Gasteiger partial charge in [-0.1, -0.05) is 71.1 Å². The maximum atomic E-state index is 11.2. The van der Waals surface area contributed by atoms with Gasteiger partial charge in [0.1, 0.15) is 6.61 Å². The fourth-order valence-electron chi connectivity index (χ4n) is 2.90. The van der Waals surface area contributed by atoms with E-state index in [1.165, 1.54) is 25.7 Å². The molecule has 0 heterocycles. The molecule has 0 aromatic carbocycles. The Bertz CT molecular complexity index is 336. The number of ether oxygens (including phenoxy) is 1. The van der Waals surface area contributed by atoms with Crippen molar-refractivity contribution in [2.45, 2.75) is 109 Å². The second-order valence-electron chi connectivity index (χ2n) is 8.28. The van der Waals surface area contributed by atoms with E-state index in [-0.39, 0.29) is 19.2 Å². The summed E-state index contributed by atoms with van der Waals surface area (Å²) in [6, 6.07) is 0. The molecule has 0 radical (unpaired) electrons. The second kappa shape index (κ2) is 23.6. The highest BCUT2D eigenvalue weighted by Crippen LogP contribution is 2.15. The van der Waals surface area contributed by atoms with Crippen LogP contribution in [0.4, 0.5) is 0 Å². The summed E-state index contributed by atoms with van der Waals surface area (Å²) in [6.07, 6.45) is 12.4. The van der Waals surface area contributed by atoms with Gasteiger partial charge in [-0.15, -0.1) is 0 Å². The van der Waals surface area contributed by atoms with Crippen molar-refractivity contribution in [1.82, 2.24) is 4.90 Å². The lowest BCUT2D eigenvalue weighted by molar-refractivity contribution is -0.144. The van der Waals surface area contributed by atoms with E-state index in [9.17, 15) is 15.0 Å². The molecule has 0 bridgehead atoms. The molecule has 0 aliphatic rings. The third-order valence-corrected chi connectivity index (χ3v) is 4.53. The lowest BCUT2D eigenvalue weighted by Crippen LogP contribution is -2.25. The number of hydrogen-bond donors (Lipinski definition) is 3. The first-order valence-electron chi connectivity index (χ1n) is 11.6. The molecule has 176 valence electrons. The van der Waals surface area contributed by atoms with E-state index in [1.54, 1.807) is 0 Å². The number of rotatable bonds is 18. The highest BCUT2D eigenvalue weighted by molar-refractivity contribution is 5.69. The van der Waals surface area contributed by atoms with Gasteiger partial charge in [0, 0.05) is 6.42 Å². The molecule has 6 heteroatoms. The Morgan fingerprint density at radius 3 is 1.66 bits per heavy atom. The molecule has 0 aliphatic heterocycles. The zero-order valence-corrected chi connectivity index (χ0v) is 19.6. The van der Waals surface area contributed by atoms with E-state index >= 15 is 0 Å². The molecule has 0 aromatic heterocycles. The van der Waals surface area contributed by atoms with E-state index in [2.05, 4.69) is 6.92 Å². The van der Waals surface area contributed by atoms with Crippen molar-refractivity contribution < 1.29 is 24.9 Å². The summed E-state index contributed by atoms with van der Waals surface area (Å²) < 4.78 is 4.79. The van der Waals surface area contributed by atoms with Gasteiger partial charge in [-0.2, -0.15) is 0 Å². The average molecular weight is 420 g/mol. The van der Waals surface area contributed by atoms with Crippen molar-refractivity contribution in [2.75, 3.05) is 34.4 Å². The van der Waals surface area contributed by atoms with Gasteiger partial charge in [-0.05, 0) is 40.4 Å². The number of nitrogens with zero attached hydrogens (tertiary/aromatic N) is 1. The van der Waals surface area contributed by atoms with Crippen LogP contribution in [0, 0.1) is 0 Å². The van der Waals surface area contributed by atoms with E-state index in [0.29, 0.717) is 19.3 Å². The van der Waals surface area contributed by atoms with Gasteiger partial charge in [0.2, 0.25) is 0 Å². The molecular weight excluding hydrogens is 370 g/mol. The van der Waals surface area contributed by atoms with Crippen molar-refractivity contribution >= 4 is 5.97 Å². The molecule has 2 atom stereocenters. The quantitative estimate of drug-likeness (QED) is 0.231. The van der Waals surface area contributed by atoms with Crippen molar-refractivity contribution in [2.24, 2.45) is 0 Å². The van der Waals surface area contributed by atoms with Crippen molar-refractivity contribution in [3.05, 3.63) is 0 Å². The van der Waals surface area contributed by atoms with E-state index in [0.717, 1.165) is 44.9 Å². The lowest BCUT2D eigenvalue weighted by Gasteiger charge is -2.17. The molecule has 0 saturated heterocycles. The molecule has 0 aliphatic carbocycles. The number of carbonyl (C=O) groups is 1. The zero-order chi connectivity index (χ0) is 22.3. The van der Waals surface area contributed by atoms with Crippen LogP contribution in [0.1, 0.15) is 96.8 Å². The zero-order valence-electron chi connectivity index (χ0n) is 19.6. The molecule has 0 spiro atoms. The van der Waals surface area contributed by atoms with Gasteiger partial charge in [0.15, 0.2) is 0 Å². The van der Waals surface area contributed by atoms with Gasteiger partial charge in [-0.3, -0.25) is 4.79 Å². The van der Waals surface area contributed by atoms with E-state index < -0.39 is 12.2 Å². The van der Waals surface area contributed by atoms with Crippen molar-refractivity contribution in [3.63, 3.8) is 0 Å². The number of aliphatic hydroxyl groups is 3. The van der Waals surface area contributed by atoms with Crippen LogP contribution in [0.15, 0.2) is 0 Å². The Morgan fingerprint density at radius 1 is 0.793 bits per heavy atom. The fraction of sp³-hybridized carbons (Fsp3) is 0.957. The van der Waals surface area contributed by atoms with Crippen LogP contribution in [0.3, 0.4) is 0 Å². The maximum Gasteiger partial charge on any atom is 0.305 e. The standard InChI is InChI=1S/C20H40O5.C3H9N/c1-2-3-4-5-7-10-13-18(22)19(23)14-11-8-6-9-12-15-20(24)25-17-16-21;1-4(2)3/h18-19,21-23H,2-17H2,1H3;1-3H3. The fourth-order valence-corrected chi connectivity index (χ4v) is 2.90. The summed E-state index contributed by atoms with van der Waals surface area (Å²) in [4.78, 5) is 13.2. The Kier molecular flexibility index (Phi) is 24.8. The SMILES string of the molecule is CCCCCCCCC(O)C(O)CCCCCCCC(=O)OCCO.CN(C)C. The Balaban J connectivity index is 0. The molecule has 6 nitrogen and oxygen atoms in total. The smallest absolute Gasteiger partial charge is 0.305 e. The summed E-state index contributed by atoms with van der Waals surface area (Å²) in [5, 5.41) is 28.5. The minimum atomic E-state index is -0.607. The van der Waals surface area contributed by atoms with Gasteiger partial charge < -0.3 is 25.0 Å². The summed E-state index contributed by atoms with van der Waals surface area (Å²) in [7, 11) is 6.00. The number of unbranched alkanes of at least 4 members (excludes halogenated alkanes) is 9. The van der Waals surface area contributed by atoms with Crippen molar-refractivity contribution in [3.8, 4) is 0 Å². The third-order valence-electron chi connectivity index (χ3n) is 4.53. The summed E-state index contributed by atoms with van der Waals surface area (Å²) in [6.45, 7) is 2.16. The topological polar surface area (TPSA) is 90.2 Å². The molecule has 0 amide bonds. The van der Waals surface area contributed by atoms with Crippen LogP contribution in [0.5, 0.6) is 0 Å². The first-order valence-corrected chi connectivity index (χ1v) is 11.6.